The van der Waals surface area contributed by atoms with Gasteiger partial charge < -0.3 is 9.88 Å². The van der Waals surface area contributed by atoms with Crippen LogP contribution in [0.1, 0.15) is 29.6 Å². The Morgan fingerprint density at radius 2 is 2.00 bits per heavy atom. The number of H-pyrrole nitrogens is 1. The minimum absolute atomic E-state index is 0.0259. The van der Waals surface area contributed by atoms with E-state index in [1.54, 1.807) is 6.07 Å². The van der Waals surface area contributed by atoms with Crippen LogP contribution >= 0.6 is 0 Å². The second kappa shape index (κ2) is 5.17. The van der Waals surface area contributed by atoms with Crippen LogP contribution in [0.4, 0.5) is 0 Å². The number of carbonyl (C=O) groups is 1. The largest absolute Gasteiger partial charge is 0.337 e. The number of hydrogen-bond acceptors (Lipinski definition) is 3. The van der Waals surface area contributed by atoms with Gasteiger partial charge in [-0.15, -0.1) is 0 Å². The number of carbonyl (C=O) groups excluding carboxylic acids is 1. The Morgan fingerprint density at radius 1 is 1.21 bits per heavy atom. The van der Waals surface area contributed by atoms with Crippen LogP contribution in [0.15, 0.2) is 23.1 Å². The fraction of sp³-hybridized carbons (Fsp3) is 0.571. The standard InChI is InChI=1S/C14H19N3O2/c18-13-4-3-11(9-15-13)14(19)17-8-5-12(10-17)16-6-1-2-7-16/h3-4,9,12H,1-2,5-8,10H2,(H,15,18). The molecule has 1 atom stereocenters. The van der Waals surface area contributed by atoms with Crippen LogP contribution in [0.25, 0.3) is 0 Å². The SMILES string of the molecule is O=C(c1ccc(=O)[nH]c1)N1CCC(N2CCCC2)C1. The van der Waals surface area contributed by atoms with Crippen molar-refractivity contribution in [3.05, 3.63) is 34.2 Å². The van der Waals surface area contributed by atoms with Crippen molar-refractivity contribution < 1.29 is 4.79 Å². The highest BCUT2D eigenvalue weighted by Gasteiger charge is 2.31. The molecule has 1 unspecified atom stereocenters. The summed E-state index contributed by atoms with van der Waals surface area (Å²) >= 11 is 0. The summed E-state index contributed by atoms with van der Waals surface area (Å²) < 4.78 is 0. The number of pyridine rings is 1. The molecule has 0 radical (unpaired) electrons. The van der Waals surface area contributed by atoms with Gasteiger partial charge in [0, 0.05) is 31.4 Å². The summed E-state index contributed by atoms with van der Waals surface area (Å²) in [5, 5.41) is 0. The van der Waals surface area contributed by atoms with Gasteiger partial charge in [0.05, 0.1) is 5.56 Å². The Morgan fingerprint density at radius 3 is 2.68 bits per heavy atom. The topological polar surface area (TPSA) is 56.4 Å². The maximum absolute atomic E-state index is 12.3. The number of amides is 1. The molecule has 2 fully saturated rings. The highest BCUT2D eigenvalue weighted by atomic mass is 16.2. The lowest BCUT2D eigenvalue weighted by Gasteiger charge is -2.23. The predicted molar refractivity (Wildman–Crippen MR) is 72.2 cm³/mol. The lowest BCUT2D eigenvalue weighted by atomic mass is 10.2. The van der Waals surface area contributed by atoms with Gasteiger partial charge in [-0.3, -0.25) is 14.5 Å². The quantitative estimate of drug-likeness (QED) is 0.852. The number of aromatic amines is 1. The molecule has 1 amide bonds. The minimum atomic E-state index is -0.173. The Kier molecular flexibility index (Phi) is 3.38. The summed E-state index contributed by atoms with van der Waals surface area (Å²) in [5.41, 5.74) is 0.398. The molecule has 0 bridgehead atoms. The van der Waals surface area contributed by atoms with E-state index in [0.29, 0.717) is 11.6 Å². The fourth-order valence-corrected chi connectivity index (χ4v) is 3.06. The molecule has 0 spiro atoms. The van der Waals surface area contributed by atoms with Crippen LogP contribution in [0.2, 0.25) is 0 Å². The molecule has 5 nitrogen and oxygen atoms in total. The maximum Gasteiger partial charge on any atom is 0.255 e. The van der Waals surface area contributed by atoms with Crippen molar-refractivity contribution in [1.82, 2.24) is 14.8 Å². The van der Waals surface area contributed by atoms with Crippen molar-refractivity contribution in [3.8, 4) is 0 Å². The maximum atomic E-state index is 12.3. The average molecular weight is 261 g/mol. The van der Waals surface area contributed by atoms with Crippen LogP contribution < -0.4 is 5.56 Å². The van der Waals surface area contributed by atoms with Crippen LogP contribution in [0.5, 0.6) is 0 Å². The van der Waals surface area contributed by atoms with Crippen LogP contribution in [0.3, 0.4) is 0 Å². The Labute approximate surface area is 112 Å². The molecule has 2 aliphatic rings. The summed E-state index contributed by atoms with van der Waals surface area (Å²) in [4.78, 5) is 30.3. The summed E-state index contributed by atoms with van der Waals surface area (Å²) in [7, 11) is 0. The van der Waals surface area contributed by atoms with Crippen molar-refractivity contribution in [3.63, 3.8) is 0 Å². The van der Waals surface area contributed by atoms with Crippen molar-refractivity contribution in [1.29, 1.82) is 0 Å². The zero-order chi connectivity index (χ0) is 13.2. The molecule has 102 valence electrons. The van der Waals surface area contributed by atoms with E-state index in [0.717, 1.165) is 19.5 Å². The van der Waals surface area contributed by atoms with E-state index in [2.05, 4.69) is 9.88 Å². The van der Waals surface area contributed by atoms with Gasteiger partial charge in [0.2, 0.25) is 5.56 Å². The molecule has 5 heteroatoms. The molecule has 0 aromatic carbocycles. The van der Waals surface area contributed by atoms with E-state index in [9.17, 15) is 9.59 Å². The zero-order valence-corrected chi connectivity index (χ0v) is 11.0. The number of nitrogens with one attached hydrogen (secondary N) is 1. The number of hydrogen-bond donors (Lipinski definition) is 1. The fourth-order valence-electron chi connectivity index (χ4n) is 3.06. The first kappa shape index (κ1) is 12.4. The van der Waals surface area contributed by atoms with Crippen molar-refractivity contribution in [2.24, 2.45) is 0 Å². The molecular weight excluding hydrogens is 242 g/mol. The van der Waals surface area contributed by atoms with Crippen molar-refractivity contribution >= 4 is 5.91 Å². The van der Waals surface area contributed by atoms with E-state index >= 15 is 0 Å². The lowest BCUT2D eigenvalue weighted by molar-refractivity contribution is 0.0779. The third kappa shape index (κ3) is 2.56. The van der Waals surface area contributed by atoms with Crippen LogP contribution in [0, 0.1) is 0 Å². The van der Waals surface area contributed by atoms with Gasteiger partial charge in [0.25, 0.3) is 5.91 Å². The molecule has 1 aromatic heterocycles. The predicted octanol–water partition coefficient (Wildman–Crippen LogP) is 0.685. The summed E-state index contributed by atoms with van der Waals surface area (Å²) in [5.74, 6) is 0.0259. The van der Waals surface area contributed by atoms with Gasteiger partial charge in [0.15, 0.2) is 0 Å². The smallest absolute Gasteiger partial charge is 0.255 e. The van der Waals surface area contributed by atoms with Crippen LogP contribution in [-0.4, -0.2) is 52.9 Å². The van der Waals surface area contributed by atoms with E-state index in [1.807, 2.05) is 4.90 Å². The first-order valence-corrected chi connectivity index (χ1v) is 6.96. The Balaban J connectivity index is 1.65. The molecule has 1 N–H and O–H groups in total. The highest BCUT2D eigenvalue weighted by Crippen LogP contribution is 2.21. The van der Waals surface area contributed by atoms with Gasteiger partial charge in [-0.05, 0) is 38.4 Å². The molecular formula is C14H19N3O2. The molecule has 19 heavy (non-hydrogen) atoms. The van der Waals surface area contributed by atoms with E-state index < -0.39 is 0 Å². The molecule has 0 aliphatic carbocycles. The second-order valence-electron chi connectivity index (χ2n) is 5.38. The second-order valence-corrected chi connectivity index (χ2v) is 5.38. The summed E-state index contributed by atoms with van der Waals surface area (Å²) in [6.07, 6.45) is 5.14. The number of aromatic nitrogens is 1. The average Bonchev–Trinajstić information content (AvgIpc) is 3.10. The van der Waals surface area contributed by atoms with Crippen molar-refractivity contribution in [2.45, 2.75) is 25.3 Å². The monoisotopic (exact) mass is 261 g/mol. The van der Waals surface area contributed by atoms with Gasteiger partial charge in [-0.2, -0.15) is 0 Å². The normalized spacial score (nSPS) is 24.0. The molecule has 2 aliphatic heterocycles. The van der Waals surface area contributed by atoms with E-state index in [1.165, 1.54) is 38.2 Å². The number of nitrogens with zero attached hydrogens (tertiary/aromatic N) is 2. The summed E-state index contributed by atoms with van der Waals surface area (Å²) in [6, 6.07) is 3.53. The van der Waals surface area contributed by atoms with Gasteiger partial charge in [-0.25, -0.2) is 0 Å². The number of rotatable bonds is 2. The highest BCUT2D eigenvalue weighted by molar-refractivity contribution is 5.94. The van der Waals surface area contributed by atoms with Gasteiger partial charge in [0.1, 0.15) is 0 Å². The van der Waals surface area contributed by atoms with E-state index in [4.69, 9.17) is 0 Å². The lowest BCUT2D eigenvalue weighted by Crippen LogP contribution is -2.37. The van der Waals surface area contributed by atoms with Gasteiger partial charge in [-0.1, -0.05) is 0 Å². The first-order chi connectivity index (χ1) is 9.24. The molecule has 3 heterocycles. The van der Waals surface area contributed by atoms with Crippen LogP contribution in [-0.2, 0) is 0 Å². The number of likely N-dealkylation sites (tertiary alicyclic amines) is 2. The minimum Gasteiger partial charge on any atom is -0.337 e. The molecule has 0 saturated carbocycles. The summed E-state index contributed by atoms with van der Waals surface area (Å²) in [6.45, 7) is 3.98. The van der Waals surface area contributed by atoms with Gasteiger partial charge >= 0.3 is 0 Å². The zero-order valence-electron chi connectivity index (χ0n) is 11.0. The molecule has 1 aromatic rings. The Bertz CT molecular complexity index is 499. The Hall–Kier alpha value is -1.62. The van der Waals surface area contributed by atoms with E-state index in [-0.39, 0.29) is 11.5 Å². The molecule has 2 saturated heterocycles. The first-order valence-electron chi connectivity index (χ1n) is 6.96. The molecule has 3 rings (SSSR count). The third-order valence-electron chi connectivity index (χ3n) is 4.14. The third-order valence-corrected chi connectivity index (χ3v) is 4.14. The van der Waals surface area contributed by atoms with Crippen molar-refractivity contribution in [2.75, 3.05) is 26.2 Å².